The Labute approximate surface area is 363 Å². The minimum absolute atomic E-state index is 0.204. The lowest BCUT2D eigenvalue weighted by Crippen LogP contribution is -2.34. The Kier molecular flexibility index (Phi) is 13.9. The zero-order valence-electron chi connectivity index (χ0n) is 33.9. The summed E-state index contributed by atoms with van der Waals surface area (Å²) in [7, 11) is -0.478. The first-order chi connectivity index (χ1) is 29.1. The van der Waals surface area contributed by atoms with E-state index in [0.717, 1.165) is 59.0 Å². The molecular formula is C43H47Cl2F3N6O6S. The van der Waals surface area contributed by atoms with Crippen LogP contribution >= 0.6 is 23.2 Å². The monoisotopic (exact) mass is 902 g/mol. The summed E-state index contributed by atoms with van der Waals surface area (Å²) in [6, 6.07) is 17.6. The van der Waals surface area contributed by atoms with Crippen LogP contribution in [0.5, 0.6) is 17.6 Å². The highest BCUT2D eigenvalue weighted by Gasteiger charge is 2.33. The number of amides is 1. The first kappa shape index (κ1) is 44.7. The third-order valence-electron chi connectivity index (χ3n) is 11.3. The summed E-state index contributed by atoms with van der Waals surface area (Å²) in [5.74, 6) is 0.352. The number of aromatic nitrogens is 2. The van der Waals surface area contributed by atoms with E-state index in [1.165, 1.54) is 7.11 Å². The lowest BCUT2D eigenvalue weighted by molar-refractivity contribution is -0.122. The molecule has 1 saturated heterocycles. The SMILES string of the molecule is COc1nc(-c2cccc(-c3cccc4c3CC[C@@H]4Oc3nc(OC)c(CN4CC[C@@H](C(=O)N=S(C)(=O)NCC(F)(F)F)C4)cc3Cl)c2Cl)ccc1CNC[C@@H]1CCC(=O)C1. The lowest BCUT2D eigenvalue weighted by Gasteiger charge is -2.20. The number of hydrogen-bond acceptors (Lipinski definition) is 10. The van der Waals surface area contributed by atoms with E-state index in [0.29, 0.717) is 85.1 Å². The molecule has 326 valence electrons. The van der Waals surface area contributed by atoms with Crippen molar-refractivity contribution in [3.05, 3.63) is 86.9 Å². The van der Waals surface area contributed by atoms with Gasteiger partial charge in [0.2, 0.25) is 17.6 Å². The molecule has 2 aliphatic carbocycles. The number of methoxy groups -OCH3 is 2. The van der Waals surface area contributed by atoms with E-state index >= 15 is 0 Å². The number of benzene rings is 2. The minimum Gasteiger partial charge on any atom is -0.481 e. The summed E-state index contributed by atoms with van der Waals surface area (Å²) >= 11 is 14.0. The second-order valence-electron chi connectivity index (χ2n) is 15.7. The van der Waals surface area contributed by atoms with Gasteiger partial charge in [0, 0.05) is 61.0 Å². The molecule has 4 aromatic rings. The Morgan fingerprint density at radius 3 is 2.43 bits per heavy atom. The normalized spacial score (nSPS) is 20.1. The number of hydrogen-bond donors (Lipinski definition) is 2. The third-order valence-corrected chi connectivity index (χ3v) is 13.1. The van der Waals surface area contributed by atoms with Crippen molar-refractivity contribution in [2.45, 2.75) is 63.9 Å². The summed E-state index contributed by atoms with van der Waals surface area (Å²) in [4.78, 5) is 35.8. The van der Waals surface area contributed by atoms with E-state index < -0.39 is 34.5 Å². The molecule has 1 unspecified atom stereocenters. The topological polar surface area (TPSA) is 144 Å². The van der Waals surface area contributed by atoms with Crippen molar-refractivity contribution >= 4 is 44.8 Å². The van der Waals surface area contributed by atoms with Crippen molar-refractivity contribution in [1.29, 1.82) is 0 Å². The van der Waals surface area contributed by atoms with Crippen molar-refractivity contribution in [2.75, 3.05) is 46.7 Å². The van der Waals surface area contributed by atoms with Crippen LogP contribution in [0.4, 0.5) is 13.2 Å². The van der Waals surface area contributed by atoms with E-state index in [4.69, 9.17) is 42.4 Å². The molecule has 0 bridgehead atoms. The fourth-order valence-corrected chi connectivity index (χ4v) is 9.78. The third kappa shape index (κ3) is 10.8. The number of pyridine rings is 2. The Morgan fingerprint density at radius 2 is 1.69 bits per heavy atom. The average Bonchev–Trinajstić information content (AvgIpc) is 3.98. The average molecular weight is 904 g/mol. The summed E-state index contributed by atoms with van der Waals surface area (Å²) < 4.78 is 73.5. The first-order valence-corrected chi connectivity index (χ1v) is 22.7. The highest BCUT2D eigenvalue weighted by Crippen LogP contribution is 2.45. The van der Waals surface area contributed by atoms with E-state index in [9.17, 15) is 27.0 Å². The van der Waals surface area contributed by atoms with Crippen molar-refractivity contribution < 1.29 is 41.2 Å². The highest BCUT2D eigenvalue weighted by atomic mass is 35.5. The number of likely N-dealkylation sites (tertiary alicyclic amines) is 1. The Hall–Kier alpha value is -4.32. The van der Waals surface area contributed by atoms with E-state index in [1.807, 2.05) is 58.2 Å². The number of halogens is 5. The number of rotatable bonds is 15. The van der Waals surface area contributed by atoms with E-state index in [2.05, 4.69) is 14.7 Å². The fourth-order valence-electron chi connectivity index (χ4n) is 8.25. The Bertz CT molecular complexity index is 2430. The van der Waals surface area contributed by atoms with Crippen LogP contribution in [0.1, 0.15) is 60.5 Å². The summed E-state index contributed by atoms with van der Waals surface area (Å²) in [5.41, 5.74) is 6.93. The predicted molar refractivity (Wildman–Crippen MR) is 227 cm³/mol. The van der Waals surface area contributed by atoms with Crippen molar-refractivity contribution in [3.8, 4) is 40.0 Å². The van der Waals surface area contributed by atoms with Gasteiger partial charge in [0.1, 0.15) is 33.4 Å². The molecule has 61 heavy (non-hydrogen) atoms. The fraction of sp³-hybridized carbons (Fsp3) is 0.442. The number of Topliss-reactive ketones (excluding diaryl/α,β-unsaturated/α-hetero) is 1. The molecule has 4 atom stereocenters. The van der Waals surface area contributed by atoms with Crippen LogP contribution in [0.3, 0.4) is 0 Å². The largest absolute Gasteiger partial charge is 0.481 e. The second-order valence-corrected chi connectivity index (χ2v) is 18.5. The van der Waals surface area contributed by atoms with E-state index in [1.54, 1.807) is 13.2 Å². The second kappa shape index (κ2) is 19.0. The summed E-state index contributed by atoms with van der Waals surface area (Å²) in [6.07, 6.45) is 0.0305. The molecule has 1 saturated carbocycles. The van der Waals surface area contributed by atoms with Gasteiger partial charge in [-0.3, -0.25) is 14.5 Å². The quantitative estimate of drug-likeness (QED) is 0.120. The molecule has 0 radical (unpaired) electrons. The van der Waals surface area contributed by atoms with Gasteiger partial charge in [0.05, 0.1) is 30.9 Å². The zero-order valence-corrected chi connectivity index (χ0v) is 36.3. The van der Waals surface area contributed by atoms with Crippen molar-refractivity contribution in [1.82, 2.24) is 24.9 Å². The summed E-state index contributed by atoms with van der Waals surface area (Å²) in [5, 5.41) is 4.28. The minimum atomic E-state index is -4.59. The molecule has 18 heteroatoms. The number of carbonyl (C=O) groups excluding carboxylic acids is 2. The molecule has 1 aliphatic heterocycles. The molecule has 7 rings (SSSR count). The van der Waals surface area contributed by atoms with Gasteiger partial charge in [0.15, 0.2) is 0 Å². The first-order valence-electron chi connectivity index (χ1n) is 20.0. The molecule has 2 N–H and O–H groups in total. The van der Waals surface area contributed by atoms with Gasteiger partial charge < -0.3 is 19.5 Å². The Balaban J connectivity index is 1.03. The molecule has 2 aromatic carbocycles. The summed E-state index contributed by atoms with van der Waals surface area (Å²) in [6.45, 7) is 0.875. The van der Waals surface area contributed by atoms with E-state index in [-0.39, 0.29) is 23.6 Å². The van der Waals surface area contributed by atoms with Gasteiger partial charge in [-0.05, 0) is 73.5 Å². The van der Waals surface area contributed by atoms with Crippen LogP contribution in [0, 0.1) is 11.8 Å². The smallest absolute Gasteiger partial charge is 0.402 e. The van der Waals surface area contributed by atoms with Gasteiger partial charge in [0.25, 0.3) is 5.91 Å². The molecule has 12 nitrogen and oxygen atoms in total. The van der Waals surface area contributed by atoms with Crippen LogP contribution in [0.15, 0.2) is 59.0 Å². The van der Waals surface area contributed by atoms with Crippen molar-refractivity contribution in [2.24, 2.45) is 16.2 Å². The molecular weight excluding hydrogens is 856 g/mol. The molecule has 3 heterocycles. The van der Waals surface area contributed by atoms with Crippen LogP contribution in [0.25, 0.3) is 22.4 Å². The maximum absolute atomic E-state index is 12.8. The number of fused-ring (bicyclic) bond motifs is 1. The number of nitrogens with one attached hydrogen (secondary N) is 2. The van der Waals surface area contributed by atoms with Crippen LogP contribution in [-0.4, -0.2) is 83.6 Å². The van der Waals surface area contributed by atoms with Crippen LogP contribution in [-0.2, 0) is 39.0 Å². The molecule has 2 fully saturated rings. The maximum Gasteiger partial charge on any atom is 0.402 e. The maximum atomic E-state index is 12.8. The standard InChI is InChI=1S/C43H47Cl2F3N6O6S/c1-58-40-26(21-49-20-25-10-12-29(55)18-25)11-14-36(51-40)34-9-5-8-33(38(34)45)30-6-4-7-32-31(30)13-15-37(32)60-42-35(44)19-28(41(52-42)59-2)23-54-17-16-27(22-54)39(56)53-61(3,57)50-24-43(46,47)48/h4-9,11,14,19,25,27,37,49H,10,12-13,15-18,20-24H2,1-3H3,(H,50,53,56,57)/t25-,27-,37+,61?/m1/s1. The highest BCUT2D eigenvalue weighted by molar-refractivity contribution is 7.91. The van der Waals surface area contributed by atoms with Crippen molar-refractivity contribution in [3.63, 3.8) is 0 Å². The number of alkyl halides is 3. The molecule has 3 aliphatic rings. The number of nitrogens with zero attached hydrogens (tertiary/aromatic N) is 4. The van der Waals surface area contributed by atoms with Crippen LogP contribution < -0.4 is 24.2 Å². The van der Waals surface area contributed by atoms with Gasteiger partial charge in [-0.2, -0.15) is 18.2 Å². The molecule has 0 spiro atoms. The predicted octanol–water partition coefficient (Wildman–Crippen LogP) is 8.17. The number of ketones is 1. The lowest BCUT2D eigenvalue weighted by atomic mass is 9.94. The number of ether oxygens (including phenoxy) is 3. The van der Waals surface area contributed by atoms with Gasteiger partial charge >= 0.3 is 6.18 Å². The Morgan fingerprint density at radius 1 is 0.951 bits per heavy atom. The van der Waals surface area contributed by atoms with Gasteiger partial charge in [-0.25, -0.2) is 13.9 Å². The van der Waals surface area contributed by atoms with Gasteiger partial charge in [-0.1, -0.05) is 65.7 Å². The zero-order chi connectivity index (χ0) is 43.5. The molecule has 2 aromatic heterocycles. The van der Waals surface area contributed by atoms with Crippen LogP contribution in [0.2, 0.25) is 10.0 Å². The molecule has 1 amide bonds. The number of carbonyl (C=O) groups is 2. The van der Waals surface area contributed by atoms with Gasteiger partial charge in [-0.15, -0.1) is 4.36 Å².